The molecule has 0 radical (unpaired) electrons. The summed E-state index contributed by atoms with van der Waals surface area (Å²) in [5.41, 5.74) is 0.775. The van der Waals surface area contributed by atoms with Crippen molar-refractivity contribution in [1.29, 1.82) is 0 Å². The SMILES string of the molecule is CCCc1oc(CCC(=O)O)cc1CO. The average Bonchev–Trinajstić information content (AvgIpc) is 2.58. The molecule has 0 amide bonds. The summed E-state index contributed by atoms with van der Waals surface area (Å²) < 4.78 is 5.47. The summed E-state index contributed by atoms with van der Waals surface area (Å²) in [7, 11) is 0. The largest absolute Gasteiger partial charge is 0.481 e. The Morgan fingerprint density at radius 1 is 1.47 bits per heavy atom. The molecule has 0 saturated carbocycles. The summed E-state index contributed by atoms with van der Waals surface area (Å²) in [5, 5.41) is 17.6. The molecule has 15 heavy (non-hydrogen) atoms. The van der Waals surface area contributed by atoms with Crippen molar-refractivity contribution in [3.63, 3.8) is 0 Å². The van der Waals surface area contributed by atoms with Gasteiger partial charge in [-0.3, -0.25) is 4.79 Å². The highest BCUT2D eigenvalue weighted by atomic mass is 16.4. The summed E-state index contributed by atoms with van der Waals surface area (Å²) >= 11 is 0. The maximum atomic E-state index is 10.4. The first kappa shape index (κ1) is 11.8. The van der Waals surface area contributed by atoms with E-state index in [-0.39, 0.29) is 13.0 Å². The standard InChI is InChI=1S/C11H16O4/c1-2-3-10-8(7-12)6-9(15-10)4-5-11(13)14/h6,12H,2-5,7H2,1H3,(H,13,14). The van der Waals surface area contributed by atoms with Crippen molar-refractivity contribution in [2.75, 3.05) is 0 Å². The first-order valence-electron chi connectivity index (χ1n) is 5.10. The molecular weight excluding hydrogens is 196 g/mol. The maximum Gasteiger partial charge on any atom is 0.303 e. The zero-order valence-corrected chi connectivity index (χ0v) is 8.82. The van der Waals surface area contributed by atoms with Crippen molar-refractivity contribution in [3.8, 4) is 0 Å². The van der Waals surface area contributed by atoms with Gasteiger partial charge in [0, 0.05) is 18.4 Å². The average molecular weight is 212 g/mol. The smallest absolute Gasteiger partial charge is 0.303 e. The molecule has 0 aromatic carbocycles. The molecule has 84 valence electrons. The van der Waals surface area contributed by atoms with Crippen molar-refractivity contribution in [2.45, 2.75) is 39.2 Å². The van der Waals surface area contributed by atoms with Gasteiger partial charge in [0.1, 0.15) is 11.5 Å². The number of hydrogen-bond donors (Lipinski definition) is 2. The number of aliphatic carboxylic acids is 1. The minimum Gasteiger partial charge on any atom is -0.481 e. The zero-order chi connectivity index (χ0) is 11.3. The van der Waals surface area contributed by atoms with Crippen LogP contribution in [0.4, 0.5) is 0 Å². The molecule has 1 rings (SSSR count). The van der Waals surface area contributed by atoms with Crippen LogP contribution in [0.1, 0.15) is 36.8 Å². The molecule has 4 heteroatoms. The molecule has 0 aliphatic carbocycles. The van der Waals surface area contributed by atoms with Crippen LogP contribution in [0, 0.1) is 0 Å². The maximum absolute atomic E-state index is 10.4. The van der Waals surface area contributed by atoms with Crippen molar-refractivity contribution in [3.05, 3.63) is 23.2 Å². The van der Waals surface area contributed by atoms with Crippen LogP contribution in [0.15, 0.2) is 10.5 Å². The topological polar surface area (TPSA) is 70.7 Å². The van der Waals surface area contributed by atoms with Crippen LogP contribution in [0.25, 0.3) is 0 Å². The Morgan fingerprint density at radius 3 is 2.73 bits per heavy atom. The lowest BCUT2D eigenvalue weighted by molar-refractivity contribution is -0.137. The number of carbonyl (C=O) groups is 1. The van der Waals surface area contributed by atoms with Gasteiger partial charge in [0.2, 0.25) is 0 Å². The van der Waals surface area contributed by atoms with Crippen molar-refractivity contribution in [1.82, 2.24) is 0 Å². The summed E-state index contributed by atoms with van der Waals surface area (Å²) in [6, 6.07) is 1.74. The Kier molecular flexibility index (Phi) is 4.37. The number of hydrogen-bond acceptors (Lipinski definition) is 3. The highest BCUT2D eigenvalue weighted by molar-refractivity contribution is 5.66. The first-order valence-corrected chi connectivity index (χ1v) is 5.10. The molecule has 0 unspecified atom stereocenters. The minimum atomic E-state index is -0.839. The molecular formula is C11H16O4. The first-order chi connectivity index (χ1) is 7.17. The molecule has 0 saturated heterocycles. The lowest BCUT2D eigenvalue weighted by Gasteiger charge is -1.95. The van der Waals surface area contributed by atoms with E-state index < -0.39 is 5.97 Å². The lowest BCUT2D eigenvalue weighted by atomic mass is 10.1. The van der Waals surface area contributed by atoms with Crippen molar-refractivity contribution < 1.29 is 19.4 Å². The lowest BCUT2D eigenvalue weighted by Crippen LogP contribution is -1.96. The highest BCUT2D eigenvalue weighted by Gasteiger charge is 2.10. The van der Waals surface area contributed by atoms with Crippen LogP contribution < -0.4 is 0 Å². The highest BCUT2D eigenvalue weighted by Crippen LogP contribution is 2.18. The van der Waals surface area contributed by atoms with Gasteiger partial charge in [-0.1, -0.05) is 6.92 Å². The Bertz CT molecular complexity index is 327. The van der Waals surface area contributed by atoms with E-state index in [0.29, 0.717) is 12.2 Å². The van der Waals surface area contributed by atoms with E-state index in [0.717, 1.165) is 24.2 Å². The minimum absolute atomic E-state index is 0.0497. The number of aliphatic hydroxyl groups is 1. The normalized spacial score (nSPS) is 10.5. The Hall–Kier alpha value is -1.29. The fourth-order valence-corrected chi connectivity index (χ4v) is 1.45. The van der Waals surface area contributed by atoms with Crippen LogP contribution >= 0.6 is 0 Å². The van der Waals surface area contributed by atoms with E-state index in [9.17, 15) is 4.79 Å². The van der Waals surface area contributed by atoms with Gasteiger partial charge in [-0.2, -0.15) is 0 Å². The second kappa shape index (κ2) is 5.56. The molecule has 0 aliphatic heterocycles. The molecule has 0 fully saturated rings. The Labute approximate surface area is 88.5 Å². The van der Waals surface area contributed by atoms with E-state index in [1.807, 2.05) is 6.92 Å². The second-order valence-electron chi connectivity index (χ2n) is 3.46. The number of carboxylic acid groups (broad SMARTS) is 1. The van der Waals surface area contributed by atoms with Gasteiger partial charge in [0.25, 0.3) is 0 Å². The van der Waals surface area contributed by atoms with E-state index in [1.165, 1.54) is 0 Å². The second-order valence-corrected chi connectivity index (χ2v) is 3.46. The van der Waals surface area contributed by atoms with Gasteiger partial charge >= 0.3 is 5.97 Å². The number of rotatable bonds is 6. The van der Waals surface area contributed by atoms with Crippen LogP contribution in [0.5, 0.6) is 0 Å². The van der Waals surface area contributed by atoms with Crippen molar-refractivity contribution in [2.24, 2.45) is 0 Å². The molecule has 0 spiro atoms. The number of carboxylic acids is 1. The molecule has 2 N–H and O–H groups in total. The summed E-state index contributed by atoms with van der Waals surface area (Å²) in [4.78, 5) is 10.4. The molecule has 1 heterocycles. The Morgan fingerprint density at radius 2 is 2.20 bits per heavy atom. The third-order valence-corrected chi connectivity index (χ3v) is 2.18. The number of aliphatic hydroxyl groups excluding tert-OH is 1. The predicted molar refractivity (Wildman–Crippen MR) is 54.6 cm³/mol. The van der Waals surface area contributed by atoms with E-state index in [4.69, 9.17) is 14.6 Å². The Balaban J connectivity index is 2.69. The van der Waals surface area contributed by atoms with E-state index >= 15 is 0 Å². The molecule has 4 nitrogen and oxygen atoms in total. The molecule has 1 aromatic rings. The van der Waals surface area contributed by atoms with Gasteiger partial charge in [0.15, 0.2) is 0 Å². The third kappa shape index (κ3) is 3.40. The molecule has 1 aromatic heterocycles. The van der Waals surface area contributed by atoms with Gasteiger partial charge < -0.3 is 14.6 Å². The fraction of sp³-hybridized carbons (Fsp3) is 0.545. The van der Waals surface area contributed by atoms with Gasteiger partial charge in [-0.05, 0) is 12.5 Å². The monoisotopic (exact) mass is 212 g/mol. The summed E-state index contributed by atoms with van der Waals surface area (Å²) in [6.07, 6.45) is 2.16. The number of aryl methyl sites for hydroxylation is 2. The van der Waals surface area contributed by atoms with Gasteiger partial charge in [-0.15, -0.1) is 0 Å². The van der Waals surface area contributed by atoms with Crippen LogP contribution in [0.3, 0.4) is 0 Å². The zero-order valence-electron chi connectivity index (χ0n) is 8.82. The van der Waals surface area contributed by atoms with E-state index in [2.05, 4.69) is 0 Å². The van der Waals surface area contributed by atoms with Crippen LogP contribution in [-0.2, 0) is 24.2 Å². The molecule has 0 bridgehead atoms. The van der Waals surface area contributed by atoms with Gasteiger partial charge in [0.05, 0.1) is 13.0 Å². The van der Waals surface area contributed by atoms with Gasteiger partial charge in [-0.25, -0.2) is 0 Å². The summed E-state index contributed by atoms with van der Waals surface area (Å²) in [5.74, 6) is 0.583. The van der Waals surface area contributed by atoms with Crippen LogP contribution in [-0.4, -0.2) is 16.2 Å². The summed E-state index contributed by atoms with van der Waals surface area (Å²) in [6.45, 7) is 1.98. The van der Waals surface area contributed by atoms with E-state index in [1.54, 1.807) is 6.07 Å². The van der Waals surface area contributed by atoms with Crippen LogP contribution in [0.2, 0.25) is 0 Å². The fourth-order valence-electron chi connectivity index (χ4n) is 1.45. The quantitative estimate of drug-likeness (QED) is 0.753. The van der Waals surface area contributed by atoms with Crippen molar-refractivity contribution >= 4 is 5.97 Å². The third-order valence-electron chi connectivity index (χ3n) is 2.18. The molecule has 0 aliphatic rings. The number of furan rings is 1. The molecule has 0 atom stereocenters. The predicted octanol–water partition coefficient (Wildman–Crippen LogP) is 1.74.